The largest absolute Gasteiger partial charge is 0.508 e. The van der Waals surface area contributed by atoms with Crippen molar-refractivity contribution in [3.63, 3.8) is 0 Å². The van der Waals surface area contributed by atoms with Gasteiger partial charge < -0.3 is 10.4 Å². The molecular weight excluding hydrogens is 272 g/mol. The zero-order chi connectivity index (χ0) is 15.4. The minimum atomic E-state index is -0.658. The lowest BCUT2D eigenvalue weighted by Gasteiger charge is -2.07. The zero-order valence-electron chi connectivity index (χ0n) is 11.4. The van der Waals surface area contributed by atoms with E-state index in [1.807, 2.05) is 19.1 Å². The van der Waals surface area contributed by atoms with Gasteiger partial charge in [0.2, 0.25) is 0 Å². The van der Waals surface area contributed by atoms with Gasteiger partial charge in [0.25, 0.3) is 11.6 Å². The van der Waals surface area contributed by atoms with Crippen LogP contribution in [0.1, 0.15) is 22.8 Å². The summed E-state index contributed by atoms with van der Waals surface area (Å²) in [7, 11) is 0. The molecule has 6 heteroatoms. The fourth-order valence-electron chi connectivity index (χ4n) is 1.89. The van der Waals surface area contributed by atoms with Crippen LogP contribution >= 0.6 is 0 Å². The molecule has 2 rings (SSSR count). The molecule has 0 aliphatic carbocycles. The lowest BCUT2D eigenvalue weighted by molar-refractivity contribution is -0.385. The second kappa shape index (κ2) is 6.04. The lowest BCUT2D eigenvalue weighted by Crippen LogP contribution is -2.13. The third kappa shape index (κ3) is 3.36. The van der Waals surface area contributed by atoms with Crippen molar-refractivity contribution in [2.45, 2.75) is 13.3 Å². The number of aromatic hydroxyl groups is 1. The number of benzene rings is 2. The summed E-state index contributed by atoms with van der Waals surface area (Å²) in [4.78, 5) is 22.4. The Balaban J connectivity index is 2.27. The normalized spacial score (nSPS) is 10.1. The first-order valence-corrected chi connectivity index (χ1v) is 6.39. The van der Waals surface area contributed by atoms with Gasteiger partial charge in [0, 0.05) is 11.8 Å². The number of nitro benzene ring substituents is 1. The highest BCUT2D eigenvalue weighted by molar-refractivity contribution is 6.07. The number of rotatable bonds is 4. The molecule has 0 aromatic heterocycles. The van der Waals surface area contributed by atoms with Gasteiger partial charge in [0.1, 0.15) is 11.3 Å². The van der Waals surface area contributed by atoms with Crippen molar-refractivity contribution in [3.8, 4) is 5.75 Å². The number of phenols is 1. The van der Waals surface area contributed by atoms with E-state index in [4.69, 9.17) is 0 Å². The monoisotopic (exact) mass is 286 g/mol. The molecule has 21 heavy (non-hydrogen) atoms. The van der Waals surface area contributed by atoms with Crippen molar-refractivity contribution in [1.29, 1.82) is 0 Å². The number of nitro groups is 1. The van der Waals surface area contributed by atoms with E-state index >= 15 is 0 Å². The van der Waals surface area contributed by atoms with Gasteiger partial charge in [0.15, 0.2) is 0 Å². The van der Waals surface area contributed by atoms with Crippen molar-refractivity contribution >= 4 is 17.3 Å². The predicted molar refractivity (Wildman–Crippen MR) is 78.5 cm³/mol. The smallest absolute Gasteiger partial charge is 0.282 e. The summed E-state index contributed by atoms with van der Waals surface area (Å²) in [5, 5.41) is 22.9. The van der Waals surface area contributed by atoms with Crippen LogP contribution in [0.15, 0.2) is 42.5 Å². The van der Waals surface area contributed by atoms with Gasteiger partial charge in [-0.25, -0.2) is 0 Å². The first-order chi connectivity index (χ1) is 10.0. The Hall–Kier alpha value is -2.89. The summed E-state index contributed by atoms with van der Waals surface area (Å²) < 4.78 is 0. The molecule has 2 aromatic rings. The number of aryl methyl sites for hydroxylation is 1. The van der Waals surface area contributed by atoms with Crippen LogP contribution in [0.3, 0.4) is 0 Å². The summed E-state index contributed by atoms with van der Waals surface area (Å²) in [6.07, 6.45) is 0.881. The Labute approximate surface area is 121 Å². The molecule has 0 fully saturated rings. The number of carbonyl (C=O) groups is 1. The van der Waals surface area contributed by atoms with E-state index in [1.165, 1.54) is 6.07 Å². The van der Waals surface area contributed by atoms with Gasteiger partial charge in [0.05, 0.1) is 4.92 Å². The van der Waals surface area contributed by atoms with Gasteiger partial charge >= 0.3 is 0 Å². The molecule has 0 aliphatic heterocycles. The number of amides is 1. The van der Waals surface area contributed by atoms with E-state index in [2.05, 4.69) is 5.32 Å². The topological polar surface area (TPSA) is 92.5 Å². The molecule has 0 heterocycles. The molecule has 0 atom stereocenters. The lowest BCUT2D eigenvalue weighted by atomic mass is 10.1. The zero-order valence-corrected chi connectivity index (χ0v) is 11.4. The van der Waals surface area contributed by atoms with Crippen molar-refractivity contribution in [2.75, 3.05) is 5.32 Å². The number of anilines is 1. The molecule has 0 unspecified atom stereocenters. The number of phenolic OH excluding ortho intramolecular Hbond substituents is 1. The Morgan fingerprint density at radius 3 is 2.48 bits per heavy atom. The molecule has 0 aliphatic rings. The maximum absolute atomic E-state index is 12.1. The fourth-order valence-corrected chi connectivity index (χ4v) is 1.89. The van der Waals surface area contributed by atoms with E-state index < -0.39 is 10.8 Å². The third-order valence-electron chi connectivity index (χ3n) is 3.04. The Kier molecular flexibility index (Phi) is 4.18. The van der Waals surface area contributed by atoms with E-state index in [9.17, 15) is 20.0 Å². The highest BCUT2D eigenvalue weighted by Gasteiger charge is 2.20. The van der Waals surface area contributed by atoms with E-state index in [0.717, 1.165) is 24.1 Å². The third-order valence-corrected chi connectivity index (χ3v) is 3.04. The number of hydrogen-bond acceptors (Lipinski definition) is 4. The number of nitrogens with one attached hydrogen (secondary N) is 1. The van der Waals surface area contributed by atoms with E-state index in [-0.39, 0.29) is 17.0 Å². The van der Waals surface area contributed by atoms with Gasteiger partial charge in [-0.1, -0.05) is 19.1 Å². The maximum atomic E-state index is 12.1. The SMILES string of the molecule is CCc1ccc(NC(=O)c2cc(O)ccc2[N+](=O)[O-])cc1. The van der Waals surface area contributed by atoms with Gasteiger partial charge in [-0.2, -0.15) is 0 Å². The molecule has 0 radical (unpaired) electrons. The summed E-state index contributed by atoms with van der Waals surface area (Å²) in [6, 6.07) is 10.5. The van der Waals surface area contributed by atoms with Crippen LogP contribution in [0.4, 0.5) is 11.4 Å². The van der Waals surface area contributed by atoms with Crippen LogP contribution in [0.25, 0.3) is 0 Å². The summed E-state index contributed by atoms with van der Waals surface area (Å²) in [5.41, 5.74) is 1.13. The number of carbonyl (C=O) groups excluding carboxylic acids is 1. The average Bonchev–Trinajstić information content (AvgIpc) is 2.47. The van der Waals surface area contributed by atoms with Crippen LogP contribution in [0.2, 0.25) is 0 Å². The molecule has 1 amide bonds. The molecule has 0 saturated carbocycles. The second-order valence-corrected chi connectivity index (χ2v) is 4.46. The fraction of sp³-hybridized carbons (Fsp3) is 0.133. The minimum Gasteiger partial charge on any atom is -0.508 e. The Bertz CT molecular complexity index is 681. The van der Waals surface area contributed by atoms with Crippen LogP contribution in [-0.2, 0) is 6.42 Å². The van der Waals surface area contributed by atoms with Gasteiger partial charge in [-0.05, 0) is 36.2 Å². The van der Waals surface area contributed by atoms with Crippen LogP contribution in [0.5, 0.6) is 5.75 Å². The Morgan fingerprint density at radius 2 is 1.90 bits per heavy atom. The molecule has 0 spiro atoms. The van der Waals surface area contributed by atoms with Gasteiger partial charge in [-0.3, -0.25) is 14.9 Å². The maximum Gasteiger partial charge on any atom is 0.282 e. The quantitative estimate of drug-likeness (QED) is 0.667. The predicted octanol–water partition coefficient (Wildman–Crippen LogP) is 3.12. The molecule has 0 saturated heterocycles. The molecule has 0 bridgehead atoms. The summed E-state index contributed by atoms with van der Waals surface area (Å²) >= 11 is 0. The molecule has 2 aromatic carbocycles. The standard InChI is InChI=1S/C15H14N2O4/c1-2-10-3-5-11(6-4-10)16-15(19)13-9-12(18)7-8-14(13)17(20)21/h3-9,18H,2H2,1H3,(H,16,19). The van der Waals surface area contributed by atoms with Crippen LogP contribution in [0, 0.1) is 10.1 Å². The number of nitrogens with zero attached hydrogens (tertiary/aromatic N) is 1. The minimum absolute atomic E-state index is 0.181. The summed E-state index contributed by atoms with van der Waals surface area (Å²) in [5.74, 6) is -0.839. The van der Waals surface area contributed by atoms with Crippen molar-refractivity contribution in [3.05, 3.63) is 63.7 Å². The highest BCUT2D eigenvalue weighted by atomic mass is 16.6. The van der Waals surface area contributed by atoms with Crippen LogP contribution < -0.4 is 5.32 Å². The van der Waals surface area contributed by atoms with Crippen molar-refractivity contribution < 1.29 is 14.8 Å². The molecule has 2 N–H and O–H groups in total. The van der Waals surface area contributed by atoms with E-state index in [1.54, 1.807) is 12.1 Å². The van der Waals surface area contributed by atoms with E-state index in [0.29, 0.717) is 5.69 Å². The second-order valence-electron chi connectivity index (χ2n) is 4.46. The van der Waals surface area contributed by atoms with Crippen molar-refractivity contribution in [2.24, 2.45) is 0 Å². The first kappa shape index (κ1) is 14.5. The molecule has 6 nitrogen and oxygen atoms in total. The van der Waals surface area contributed by atoms with Gasteiger partial charge in [-0.15, -0.1) is 0 Å². The van der Waals surface area contributed by atoms with Crippen LogP contribution in [-0.4, -0.2) is 15.9 Å². The average molecular weight is 286 g/mol. The highest BCUT2D eigenvalue weighted by Crippen LogP contribution is 2.24. The molecule has 108 valence electrons. The van der Waals surface area contributed by atoms with Crippen molar-refractivity contribution in [1.82, 2.24) is 0 Å². The summed E-state index contributed by atoms with van der Waals surface area (Å²) in [6.45, 7) is 2.02. The Morgan fingerprint density at radius 1 is 1.24 bits per heavy atom. The number of hydrogen-bond donors (Lipinski definition) is 2. The molecular formula is C15H14N2O4. The first-order valence-electron chi connectivity index (χ1n) is 6.39.